The highest BCUT2D eigenvalue weighted by Gasteiger charge is 2.22. The summed E-state index contributed by atoms with van der Waals surface area (Å²) in [5.41, 5.74) is 5.27. The molecule has 6 aromatic rings. The summed E-state index contributed by atoms with van der Waals surface area (Å²) in [7, 11) is 1.54. The van der Waals surface area contributed by atoms with Crippen molar-refractivity contribution in [2.24, 2.45) is 0 Å². The number of thiazole rings is 1. The van der Waals surface area contributed by atoms with Crippen molar-refractivity contribution in [3.05, 3.63) is 84.7 Å². The van der Waals surface area contributed by atoms with Gasteiger partial charge in [0.2, 0.25) is 0 Å². The number of hydrogen-bond donors (Lipinski definition) is 1. The number of halogens is 1. The van der Waals surface area contributed by atoms with Crippen LogP contribution in [0.15, 0.2) is 73.2 Å². The van der Waals surface area contributed by atoms with Crippen LogP contribution in [0.25, 0.3) is 49.4 Å². The van der Waals surface area contributed by atoms with Crippen LogP contribution in [0.5, 0.6) is 5.75 Å². The fourth-order valence-corrected chi connectivity index (χ4v) is 5.34. The predicted molar refractivity (Wildman–Crippen MR) is 134 cm³/mol. The lowest BCUT2D eigenvalue weighted by molar-refractivity contribution is 0.413. The van der Waals surface area contributed by atoms with Gasteiger partial charge >= 0.3 is 0 Å². The van der Waals surface area contributed by atoms with E-state index in [9.17, 15) is 4.39 Å². The molecule has 4 heterocycles. The maximum Gasteiger partial charge on any atom is 0.167 e. The molecule has 0 aliphatic carbocycles. The minimum Gasteiger partial charge on any atom is -0.496 e. The molecular formula is C26H19FN6OS. The minimum atomic E-state index is -0.352. The average molecular weight is 483 g/mol. The van der Waals surface area contributed by atoms with Gasteiger partial charge in [-0.25, -0.2) is 19.3 Å². The molecular weight excluding hydrogens is 463 g/mol. The van der Waals surface area contributed by atoms with E-state index in [1.165, 1.54) is 30.8 Å². The number of rotatable bonds is 5. The normalized spacial score (nSPS) is 11.3. The van der Waals surface area contributed by atoms with Crippen molar-refractivity contribution >= 4 is 17.0 Å². The van der Waals surface area contributed by atoms with Crippen molar-refractivity contribution in [1.82, 2.24) is 29.5 Å². The highest BCUT2D eigenvalue weighted by atomic mass is 32.1. The SMILES string of the molecule is COc1cccc(F)c1-c1ccc2nc(C)c(-c3nc(-c4ccccc4)c(-c4ncn[nH]4)s3)n2c1. The number of nitrogens with zero attached hydrogens (tertiary/aromatic N) is 5. The molecule has 0 bridgehead atoms. The monoisotopic (exact) mass is 482 g/mol. The summed E-state index contributed by atoms with van der Waals surface area (Å²) in [4.78, 5) is 15.0. The number of methoxy groups -OCH3 is 1. The number of aryl methyl sites for hydroxylation is 1. The Labute approximate surface area is 203 Å². The maximum atomic E-state index is 14.8. The van der Waals surface area contributed by atoms with Crippen molar-refractivity contribution in [3.8, 4) is 49.5 Å². The van der Waals surface area contributed by atoms with E-state index in [0.29, 0.717) is 22.7 Å². The third-order valence-corrected chi connectivity index (χ3v) is 6.85. The number of aromatic amines is 1. The van der Waals surface area contributed by atoms with E-state index in [4.69, 9.17) is 14.7 Å². The van der Waals surface area contributed by atoms with Gasteiger partial charge < -0.3 is 4.74 Å². The molecule has 0 saturated carbocycles. The standard InChI is InChI=1S/C26H19FN6OS/c1-15-23(26-31-22(16-7-4-3-5-8-16)24(35-26)25-28-14-29-32-25)33-13-17(11-12-20(33)30-15)21-18(27)9-6-10-19(21)34-2/h3-14H,1-2H3,(H,28,29,32). The van der Waals surface area contributed by atoms with Crippen LogP contribution in [-0.2, 0) is 0 Å². The molecule has 0 aliphatic heterocycles. The number of pyridine rings is 1. The summed E-state index contributed by atoms with van der Waals surface area (Å²) in [6.45, 7) is 1.95. The Morgan fingerprint density at radius 2 is 1.83 bits per heavy atom. The van der Waals surface area contributed by atoms with E-state index in [1.807, 2.05) is 60.0 Å². The second-order valence-electron chi connectivity index (χ2n) is 7.91. The summed E-state index contributed by atoms with van der Waals surface area (Å²) in [6.07, 6.45) is 3.36. The largest absolute Gasteiger partial charge is 0.496 e. The quantitative estimate of drug-likeness (QED) is 0.324. The van der Waals surface area contributed by atoms with Gasteiger partial charge in [0.05, 0.1) is 28.9 Å². The number of ether oxygens (including phenoxy) is 1. The summed E-state index contributed by atoms with van der Waals surface area (Å²) in [5.74, 6) is 0.766. The van der Waals surface area contributed by atoms with Crippen molar-refractivity contribution < 1.29 is 9.13 Å². The van der Waals surface area contributed by atoms with Crippen LogP contribution in [-0.4, -0.2) is 36.7 Å². The number of fused-ring (bicyclic) bond motifs is 1. The lowest BCUT2D eigenvalue weighted by Crippen LogP contribution is -1.95. The lowest BCUT2D eigenvalue weighted by atomic mass is 10.1. The third-order valence-electron chi connectivity index (χ3n) is 5.78. The van der Waals surface area contributed by atoms with Crippen LogP contribution >= 0.6 is 11.3 Å². The Morgan fingerprint density at radius 1 is 0.971 bits per heavy atom. The molecule has 1 N–H and O–H groups in total. The Balaban J connectivity index is 1.57. The van der Waals surface area contributed by atoms with Crippen LogP contribution in [0, 0.1) is 12.7 Å². The van der Waals surface area contributed by atoms with E-state index in [0.717, 1.165) is 38.2 Å². The molecule has 172 valence electrons. The smallest absolute Gasteiger partial charge is 0.167 e. The molecule has 0 unspecified atom stereocenters. The van der Waals surface area contributed by atoms with Crippen LogP contribution in [0.4, 0.5) is 4.39 Å². The van der Waals surface area contributed by atoms with Gasteiger partial charge in [-0.1, -0.05) is 36.4 Å². The van der Waals surface area contributed by atoms with Gasteiger partial charge in [-0.2, -0.15) is 5.10 Å². The number of nitrogens with one attached hydrogen (secondary N) is 1. The van der Waals surface area contributed by atoms with Crippen LogP contribution in [0.1, 0.15) is 5.69 Å². The van der Waals surface area contributed by atoms with E-state index in [2.05, 4.69) is 15.2 Å². The molecule has 35 heavy (non-hydrogen) atoms. The number of aromatic nitrogens is 6. The van der Waals surface area contributed by atoms with E-state index >= 15 is 0 Å². The summed E-state index contributed by atoms with van der Waals surface area (Å²) < 4.78 is 22.2. The first-order valence-electron chi connectivity index (χ1n) is 10.9. The zero-order chi connectivity index (χ0) is 23.9. The first-order valence-corrected chi connectivity index (χ1v) is 11.7. The molecule has 0 atom stereocenters. The summed E-state index contributed by atoms with van der Waals surface area (Å²) in [5, 5.41) is 7.75. The van der Waals surface area contributed by atoms with Gasteiger partial charge in [0.15, 0.2) is 5.82 Å². The maximum absolute atomic E-state index is 14.8. The third kappa shape index (κ3) is 3.57. The molecule has 0 fully saturated rings. The Bertz CT molecular complexity index is 1660. The van der Waals surface area contributed by atoms with Crippen LogP contribution in [0.2, 0.25) is 0 Å². The first-order chi connectivity index (χ1) is 17.1. The number of benzene rings is 2. The van der Waals surface area contributed by atoms with Crippen LogP contribution in [0.3, 0.4) is 0 Å². The van der Waals surface area contributed by atoms with Gasteiger partial charge in [-0.3, -0.25) is 9.50 Å². The molecule has 4 aromatic heterocycles. The number of H-pyrrole nitrogens is 1. The molecule has 6 rings (SSSR count). The highest BCUT2D eigenvalue weighted by molar-refractivity contribution is 7.18. The molecule has 0 aliphatic rings. The second kappa shape index (κ2) is 8.44. The summed E-state index contributed by atoms with van der Waals surface area (Å²) >= 11 is 1.51. The van der Waals surface area contributed by atoms with Crippen molar-refractivity contribution in [3.63, 3.8) is 0 Å². The fourth-order valence-electron chi connectivity index (χ4n) is 4.21. The number of imidazole rings is 1. The van der Waals surface area contributed by atoms with Gasteiger partial charge in [-0.15, -0.1) is 11.3 Å². The summed E-state index contributed by atoms with van der Waals surface area (Å²) in [6, 6.07) is 18.5. The fraction of sp³-hybridized carbons (Fsp3) is 0.0769. The predicted octanol–water partition coefficient (Wildman–Crippen LogP) is 6.03. The van der Waals surface area contributed by atoms with Gasteiger partial charge in [0.1, 0.15) is 34.2 Å². The van der Waals surface area contributed by atoms with Gasteiger partial charge in [0, 0.05) is 17.3 Å². The zero-order valence-corrected chi connectivity index (χ0v) is 19.7. The molecule has 0 spiro atoms. The molecule has 0 amide bonds. The van der Waals surface area contributed by atoms with E-state index in [1.54, 1.807) is 12.1 Å². The van der Waals surface area contributed by atoms with Crippen LogP contribution < -0.4 is 4.74 Å². The van der Waals surface area contributed by atoms with Crippen molar-refractivity contribution in [2.75, 3.05) is 7.11 Å². The first kappa shape index (κ1) is 21.2. The van der Waals surface area contributed by atoms with Gasteiger partial charge in [-0.05, 0) is 31.2 Å². The lowest BCUT2D eigenvalue weighted by Gasteiger charge is -2.10. The number of hydrogen-bond acceptors (Lipinski definition) is 6. The Kier molecular flexibility index (Phi) is 5.11. The molecule has 2 aromatic carbocycles. The average Bonchev–Trinajstić information content (AvgIpc) is 3.62. The molecule has 0 saturated heterocycles. The van der Waals surface area contributed by atoms with Crippen molar-refractivity contribution in [2.45, 2.75) is 6.92 Å². The molecule has 0 radical (unpaired) electrons. The molecule has 7 nitrogen and oxygen atoms in total. The van der Waals surface area contributed by atoms with Gasteiger partial charge in [0.25, 0.3) is 0 Å². The Morgan fingerprint density at radius 3 is 2.60 bits per heavy atom. The zero-order valence-electron chi connectivity index (χ0n) is 18.9. The molecule has 9 heteroatoms. The van der Waals surface area contributed by atoms with E-state index < -0.39 is 0 Å². The topological polar surface area (TPSA) is 81.0 Å². The second-order valence-corrected chi connectivity index (χ2v) is 8.90. The Hall–Kier alpha value is -4.37. The minimum absolute atomic E-state index is 0.352. The highest BCUT2D eigenvalue weighted by Crippen LogP contribution is 2.41. The van der Waals surface area contributed by atoms with E-state index in [-0.39, 0.29) is 5.82 Å². The van der Waals surface area contributed by atoms with Crippen molar-refractivity contribution in [1.29, 1.82) is 0 Å².